The zero-order chi connectivity index (χ0) is 25.3. The summed E-state index contributed by atoms with van der Waals surface area (Å²) in [5.41, 5.74) is 1.61. The van der Waals surface area contributed by atoms with Gasteiger partial charge in [0.15, 0.2) is 11.6 Å². The minimum absolute atomic E-state index is 0.129. The SMILES string of the molecule is CCc1cc(F)c(N[C@@H]2CC23CCC(N2CCC2)CC3)nc1NCc1ccccc1OC(F)(F)CC. The third-order valence-corrected chi connectivity index (χ3v) is 8.38. The minimum atomic E-state index is -3.23. The van der Waals surface area contributed by atoms with E-state index in [-0.39, 0.29) is 35.4 Å². The molecule has 3 aliphatic rings. The maximum absolute atomic E-state index is 15.0. The second-order valence-electron chi connectivity index (χ2n) is 10.6. The number of nitrogens with one attached hydrogen (secondary N) is 2. The Morgan fingerprint density at radius 3 is 2.53 bits per heavy atom. The minimum Gasteiger partial charge on any atom is -0.432 e. The Morgan fingerprint density at radius 1 is 1.11 bits per heavy atom. The van der Waals surface area contributed by atoms with Gasteiger partial charge in [-0.1, -0.05) is 32.0 Å². The summed E-state index contributed by atoms with van der Waals surface area (Å²) in [5, 5.41) is 6.63. The fourth-order valence-electron chi connectivity index (χ4n) is 5.73. The number of halogens is 3. The summed E-state index contributed by atoms with van der Waals surface area (Å²) >= 11 is 0. The van der Waals surface area contributed by atoms with Crippen LogP contribution in [-0.2, 0) is 13.0 Å². The number of anilines is 2. The van der Waals surface area contributed by atoms with Crippen molar-refractivity contribution in [2.24, 2.45) is 5.41 Å². The van der Waals surface area contributed by atoms with E-state index in [9.17, 15) is 13.2 Å². The molecule has 0 amide bonds. The van der Waals surface area contributed by atoms with Crippen molar-refractivity contribution in [1.29, 1.82) is 0 Å². The van der Waals surface area contributed by atoms with Crippen LogP contribution in [0, 0.1) is 11.2 Å². The number of alkyl halides is 2. The molecule has 1 atom stereocenters. The van der Waals surface area contributed by atoms with Crippen molar-refractivity contribution >= 4 is 11.6 Å². The summed E-state index contributed by atoms with van der Waals surface area (Å²) in [6.07, 6.45) is 4.18. The van der Waals surface area contributed by atoms with E-state index in [0.29, 0.717) is 17.8 Å². The third-order valence-electron chi connectivity index (χ3n) is 8.38. The number of nitrogens with zero attached hydrogens (tertiary/aromatic N) is 2. The van der Waals surface area contributed by atoms with Crippen LogP contribution in [0.4, 0.5) is 24.8 Å². The van der Waals surface area contributed by atoms with Crippen LogP contribution in [-0.4, -0.2) is 41.2 Å². The van der Waals surface area contributed by atoms with Crippen molar-refractivity contribution < 1.29 is 17.9 Å². The number of pyridine rings is 1. The van der Waals surface area contributed by atoms with E-state index in [4.69, 9.17) is 4.74 Å². The highest BCUT2D eigenvalue weighted by Gasteiger charge is 2.55. The Morgan fingerprint density at radius 2 is 1.86 bits per heavy atom. The zero-order valence-corrected chi connectivity index (χ0v) is 21.3. The van der Waals surface area contributed by atoms with Crippen molar-refractivity contribution in [3.05, 3.63) is 47.3 Å². The summed E-state index contributed by atoms with van der Waals surface area (Å²) in [4.78, 5) is 7.21. The van der Waals surface area contributed by atoms with Gasteiger partial charge in [-0.05, 0) is 81.1 Å². The molecule has 2 aliphatic carbocycles. The standard InChI is InChI=1S/C28H37F3N4O/c1-3-19-16-22(29)26(33-24-17-27(24)12-10-21(11-13-27)35-14-7-15-35)34-25(19)32-18-20-8-5-6-9-23(20)36-28(30,31)4-2/h5-6,8-9,16,21,24H,3-4,7,10-15,17-18H2,1-2H3,(H2,32,33,34)/t21?,24-,27?/m1/s1. The van der Waals surface area contributed by atoms with Gasteiger partial charge in [0.05, 0.1) is 0 Å². The first kappa shape index (κ1) is 25.2. The van der Waals surface area contributed by atoms with Crippen LogP contribution >= 0.6 is 0 Å². The fraction of sp³-hybridized carbons (Fsp3) is 0.607. The Labute approximate surface area is 211 Å². The third kappa shape index (κ3) is 5.29. The molecule has 1 saturated heterocycles. The first-order chi connectivity index (χ1) is 17.3. The van der Waals surface area contributed by atoms with Crippen molar-refractivity contribution in [2.45, 2.75) is 90.0 Å². The fourth-order valence-corrected chi connectivity index (χ4v) is 5.73. The summed E-state index contributed by atoms with van der Waals surface area (Å²) in [6, 6.07) is 9.24. The van der Waals surface area contributed by atoms with Gasteiger partial charge in [-0.3, -0.25) is 0 Å². The highest BCUT2D eigenvalue weighted by atomic mass is 19.3. The van der Waals surface area contributed by atoms with Crippen LogP contribution in [0.25, 0.3) is 0 Å². The van der Waals surface area contributed by atoms with E-state index in [2.05, 4.69) is 20.5 Å². The molecule has 2 N–H and O–H groups in total. The van der Waals surface area contributed by atoms with Crippen molar-refractivity contribution in [2.75, 3.05) is 23.7 Å². The lowest BCUT2D eigenvalue weighted by Crippen LogP contribution is -2.47. The molecule has 3 fully saturated rings. The number of aryl methyl sites for hydroxylation is 1. The molecule has 2 aromatic rings. The monoisotopic (exact) mass is 502 g/mol. The lowest BCUT2D eigenvalue weighted by Gasteiger charge is -2.42. The number of ether oxygens (including phenoxy) is 1. The smallest absolute Gasteiger partial charge is 0.397 e. The second kappa shape index (κ2) is 10.1. The molecule has 0 unspecified atom stereocenters. The molecule has 1 aliphatic heterocycles. The molecule has 1 spiro atoms. The maximum Gasteiger partial charge on any atom is 0.397 e. The first-order valence-corrected chi connectivity index (χ1v) is 13.4. The average molecular weight is 503 g/mol. The Balaban J connectivity index is 1.25. The van der Waals surface area contributed by atoms with Crippen molar-refractivity contribution in [3.8, 4) is 5.75 Å². The van der Waals surface area contributed by atoms with Gasteiger partial charge in [0, 0.05) is 30.6 Å². The maximum atomic E-state index is 15.0. The van der Waals surface area contributed by atoms with Gasteiger partial charge in [-0.2, -0.15) is 8.78 Å². The molecule has 2 saturated carbocycles. The van der Waals surface area contributed by atoms with Gasteiger partial charge < -0.3 is 20.3 Å². The highest BCUT2D eigenvalue weighted by Crippen LogP contribution is 2.58. The van der Waals surface area contributed by atoms with Crippen molar-refractivity contribution in [3.63, 3.8) is 0 Å². The summed E-state index contributed by atoms with van der Waals surface area (Å²) in [6.45, 7) is 6.05. The molecule has 1 aromatic carbocycles. The van der Waals surface area contributed by atoms with Crippen LogP contribution < -0.4 is 15.4 Å². The molecular weight excluding hydrogens is 465 g/mol. The van der Waals surface area contributed by atoms with E-state index in [1.54, 1.807) is 18.2 Å². The van der Waals surface area contributed by atoms with Crippen LogP contribution in [0.3, 0.4) is 0 Å². The van der Waals surface area contributed by atoms with E-state index < -0.39 is 12.5 Å². The predicted octanol–water partition coefficient (Wildman–Crippen LogP) is 6.60. The number of aromatic nitrogens is 1. The molecule has 196 valence electrons. The van der Waals surface area contributed by atoms with Crippen LogP contribution in [0.1, 0.15) is 69.9 Å². The molecule has 2 heterocycles. The number of hydrogen-bond acceptors (Lipinski definition) is 5. The molecular formula is C28H37F3N4O. The number of para-hydroxylation sites is 1. The van der Waals surface area contributed by atoms with Gasteiger partial charge in [-0.25, -0.2) is 9.37 Å². The molecule has 1 aromatic heterocycles. The van der Waals surface area contributed by atoms with E-state index >= 15 is 0 Å². The number of rotatable bonds is 10. The Hall–Kier alpha value is -2.48. The van der Waals surface area contributed by atoms with Gasteiger partial charge in [-0.15, -0.1) is 0 Å². The average Bonchev–Trinajstić information content (AvgIpc) is 3.50. The lowest BCUT2D eigenvalue weighted by atomic mass is 9.81. The normalized spacial score (nSPS) is 25.9. The quantitative estimate of drug-likeness (QED) is 0.384. The van der Waals surface area contributed by atoms with E-state index in [1.165, 1.54) is 64.3 Å². The summed E-state index contributed by atoms with van der Waals surface area (Å²) in [5.74, 6) is 0.613. The van der Waals surface area contributed by atoms with Gasteiger partial charge in [0.2, 0.25) is 0 Å². The van der Waals surface area contributed by atoms with Gasteiger partial charge >= 0.3 is 6.11 Å². The van der Waals surface area contributed by atoms with E-state index in [1.807, 2.05) is 6.92 Å². The Bertz CT molecular complexity index is 1070. The van der Waals surface area contributed by atoms with Crippen LogP contribution in [0.5, 0.6) is 5.75 Å². The highest BCUT2D eigenvalue weighted by molar-refractivity contribution is 5.54. The predicted molar refractivity (Wildman–Crippen MR) is 136 cm³/mol. The zero-order valence-electron chi connectivity index (χ0n) is 21.3. The first-order valence-electron chi connectivity index (χ1n) is 13.4. The summed E-state index contributed by atoms with van der Waals surface area (Å²) in [7, 11) is 0. The lowest BCUT2D eigenvalue weighted by molar-refractivity contribution is -0.177. The number of likely N-dealkylation sites (tertiary alicyclic amines) is 1. The molecule has 5 rings (SSSR count). The molecule has 0 bridgehead atoms. The van der Waals surface area contributed by atoms with Crippen LogP contribution in [0.15, 0.2) is 30.3 Å². The number of benzene rings is 1. The van der Waals surface area contributed by atoms with E-state index in [0.717, 1.165) is 18.0 Å². The Kier molecular flexibility index (Phi) is 7.07. The second-order valence-corrected chi connectivity index (χ2v) is 10.6. The molecule has 0 radical (unpaired) electrons. The molecule has 5 nitrogen and oxygen atoms in total. The molecule has 36 heavy (non-hydrogen) atoms. The van der Waals surface area contributed by atoms with Crippen LogP contribution in [0.2, 0.25) is 0 Å². The largest absolute Gasteiger partial charge is 0.432 e. The van der Waals surface area contributed by atoms with Gasteiger partial charge in [0.25, 0.3) is 0 Å². The topological polar surface area (TPSA) is 49.4 Å². The number of hydrogen-bond donors (Lipinski definition) is 2. The summed E-state index contributed by atoms with van der Waals surface area (Å²) < 4.78 is 47.6. The van der Waals surface area contributed by atoms with Crippen molar-refractivity contribution in [1.82, 2.24) is 9.88 Å². The molecule has 8 heteroatoms. The van der Waals surface area contributed by atoms with Gasteiger partial charge in [0.1, 0.15) is 11.6 Å².